The number of nitrogens with one attached hydrogen (secondary N) is 1. The lowest BCUT2D eigenvalue weighted by molar-refractivity contribution is -0.0358. The van der Waals surface area contributed by atoms with E-state index in [1.54, 1.807) is 0 Å². The summed E-state index contributed by atoms with van der Waals surface area (Å²) in [7, 11) is 0. The topological polar surface area (TPSA) is 96.3 Å². The van der Waals surface area contributed by atoms with Crippen molar-refractivity contribution in [3.05, 3.63) is 118 Å². The van der Waals surface area contributed by atoms with Crippen molar-refractivity contribution < 1.29 is 14.3 Å². The zero-order valence-corrected chi connectivity index (χ0v) is 16.8. The third kappa shape index (κ3) is 4.23. The molecule has 1 heterocycles. The van der Waals surface area contributed by atoms with Crippen LogP contribution in [0.3, 0.4) is 0 Å². The number of amides is 1. The normalized spacial score (nSPS) is 18.0. The van der Waals surface area contributed by atoms with Gasteiger partial charge in [-0.25, -0.2) is 4.79 Å². The van der Waals surface area contributed by atoms with Gasteiger partial charge in [0.2, 0.25) is 0 Å². The lowest BCUT2D eigenvalue weighted by atomic mass is 9.80. The van der Waals surface area contributed by atoms with Gasteiger partial charge in [-0.15, -0.1) is 0 Å². The van der Waals surface area contributed by atoms with Crippen LogP contribution in [0.25, 0.3) is 10.4 Å². The van der Waals surface area contributed by atoms with E-state index < -0.39 is 23.8 Å². The second kappa shape index (κ2) is 9.34. The molecule has 0 saturated carbocycles. The summed E-state index contributed by atoms with van der Waals surface area (Å²) in [5.74, 6) is 0. The molecule has 1 fully saturated rings. The Balaban J connectivity index is 1.77. The van der Waals surface area contributed by atoms with E-state index >= 15 is 0 Å². The van der Waals surface area contributed by atoms with Crippen LogP contribution in [0, 0.1) is 0 Å². The summed E-state index contributed by atoms with van der Waals surface area (Å²) >= 11 is 0. The molecular weight excluding hydrogens is 392 g/mol. The van der Waals surface area contributed by atoms with Crippen LogP contribution in [0.15, 0.2) is 96.1 Å². The monoisotopic (exact) mass is 414 g/mol. The van der Waals surface area contributed by atoms with Crippen LogP contribution in [0.5, 0.6) is 0 Å². The highest BCUT2D eigenvalue weighted by atomic mass is 16.6. The number of benzene rings is 3. The number of cyclic esters (lactones) is 1. The zero-order valence-electron chi connectivity index (χ0n) is 16.8. The molecule has 3 aromatic rings. The molecule has 1 N–H and O–H groups in total. The molecular formula is C24H22N4O3. The number of ether oxygens (including phenoxy) is 2. The third-order valence-electron chi connectivity index (χ3n) is 5.36. The summed E-state index contributed by atoms with van der Waals surface area (Å²) in [6.07, 6.45) is -1.13. The number of alkyl carbamates (subject to hydrolysis) is 1. The molecule has 4 rings (SSSR count). The minimum atomic E-state index is -0.915. The average Bonchev–Trinajstić information content (AvgIpc) is 3.19. The van der Waals surface area contributed by atoms with Gasteiger partial charge in [-0.3, -0.25) is 0 Å². The van der Waals surface area contributed by atoms with E-state index in [-0.39, 0.29) is 13.2 Å². The molecule has 1 saturated heterocycles. The lowest BCUT2D eigenvalue weighted by Gasteiger charge is -2.36. The van der Waals surface area contributed by atoms with E-state index in [9.17, 15) is 4.79 Å². The van der Waals surface area contributed by atoms with Crippen molar-refractivity contribution in [1.29, 1.82) is 0 Å². The Labute approximate surface area is 180 Å². The lowest BCUT2D eigenvalue weighted by Crippen LogP contribution is -2.41. The molecule has 0 unspecified atom stereocenters. The molecule has 1 amide bonds. The number of hydrogen-bond donors (Lipinski definition) is 1. The fourth-order valence-electron chi connectivity index (χ4n) is 3.91. The molecule has 3 aromatic carbocycles. The molecule has 0 aromatic heterocycles. The predicted molar refractivity (Wildman–Crippen MR) is 116 cm³/mol. The van der Waals surface area contributed by atoms with E-state index in [0.29, 0.717) is 0 Å². The number of carbonyl (C=O) groups is 1. The van der Waals surface area contributed by atoms with Gasteiger partial charge in [0.1, 0.15) is 11.7 Å². The smallest absolute Gasteiger partial charge is 0.407 e. The van der Waals surface area contributed by atoms with Crippen LogP contribution >= 0.6 is 0 Å². The number of hydrogen-bond acceptors (Lipinski definition) is 4. The van der Waals surface area contributed by atoms with Gasteiger partial charge in [0.25, 0.3) is 0 Å². The first-order chi connectivity index (χ1) is 15.2. The first-order valence-corrected chi connectivity index (χ1v) is 10.0. The summed E-state index contributed by atoms with van der Waals surface area (Å²) in [5, 5.41) is 6.28. The van der Waals surface area contributed by atoms with Crippen LogP contribution in [0.4, 0.5) is 4.79 Å². The van der Waals surface area contributed by atoms with E-state index in [4.69, 9.17) is 15.0 Å². The molecule has 7 heteroatoms. The molecule has 0 bridgehead atoms. The third-order valence-corrected chi connectivity index (χ3v) is 5.36. The van der Waals surface area contributed by atoms with Crippen molar-refractivity contribution in [1.82, 2.24) is 5.32 Å². The Morgan fingerprint density at radius 3 is 1.84 bits per heavy atom. The van der Waals surface area contributed by atoms with Gasteiger partial charge in [-0.1, -0.05) is 96.1 Å². The Morgan fingerprint density at radius 2 is 1.39 bits per heavy atom. The maximum atomic E-state index is 11.8. The van der Waals surface area contributed by atoms with E-state index in [1.807, 2.05) is 91.0 Å². The standard InChI is InChI=1S/C24H22N4O3/c25-28-26-16-21-22(31-23(29)27-21)17-30-24(18-10-4-1-5-11-18,19-12-6-2-7-13-19)20-14-8-3-9-15-20/h1-15,21-22H,16-17H2,(H,27,29)/t21-,22-/m1/s1. The van der Waals surface area contributed by atoms with Crippen LogP contribution in [-0.2, 0) is 15.1 Å². The van der Waals surface area contributed by atoms with Crippen molar-refractivity contribution in [3.8, 4) is 0 Å². The van der Waals surface area contributed by atoms with Gasteiger partial charge in [0.05, 0.1) is 12.6 Å². The maximum absolute atomic E-state index is 11.8. The fraction of sp³-hybridized carbons (Fsp3) is 0.208. The van der Waals surface area contributed by atoms with Crippen molar-refractivity contribution in [2.24, 2.45) is 5.11 Å². The van der Waals surface area contributed by atoms with Crippen LogP contribution in [0.2, 0.25) is 0 Å². The van der Waals surface area contributed by atoms with E-state index in [2.05, 4.69) is 15.3 Å². The highest BCUT2D eigenvalue weighted by Gasteiger charge is 2.41. The number of azide groups is 1. The highest BCUT2D eigenvalue weighted by Crippen LogP contribution is 2.40. The van der Waals surface area contributed by atoms with Crippen LogP contribution < -0.4 is 5.32 Å². The molecule has 1 aliphatic rings. The van der Waals surface area contributed by atoms with Gasteiger partial charge in [-0.2, -0.15) is 0 Å². The molecule has 0 spiro atoms. The average molecular weight is 414 g/mol. The number of rotatable bonds is 8. The molecule has 2 atom stereocenters. The minimum Gasteiger partial charge on any atom is -0.442 e. The van der Waals surface area contributed by atoms with Gasteiger partial charge in [0.15, 0.2) is 0 Å². The molecule has 0 aliphatic carbocycles. The largest absolute Gasteiger partial charge is 0.442 e. The zero-order chi connectivity index (χ0) is 21.5. The molecule has 1 aliphatic heterocycles. The van der Waals surface area contributed by atoms with Crippen LogP contribution in [-0.4, -0.2) is 31.4 Å². The van der Waals surface area contributed by atoms with E-state index in [0.717, 1.165) is 16.7 Å². The van der Waals surface area contributed by atoms with E-state index in [1.165, 1.54) is 0 Å². The van der Waals surface area contributed by atoms with Crippen molar-refractivity contribution in [2.75, 3.05) is 13.2 Å². The second-order valence-electron chi connectivity index (χ2n) is 7.20. The van der Waals surface area contributed by atoms with Crippen molar-refractivity contribution in [2.45, 2.75) is 17.7 Å². The van der Waals surface area contributed by atoms with Gasteiger partial charge < -0.3 is 14.8 Å². The number of nitrogens with zero attached hydrogens (tertiary/aromatic N) is 3. The Kier molecular flexibility index (Phi) is 6.17. The van der Waals surface area contributed by atoms with Gasteiger partial charge in [0, 0.05) is 11.5 Å². The molecule has 0 radical (unpaired) electrons. The summed E-state index contributed by atoms with van der Waals surface area (Å²) in [6.45, 7) is 0.203. The first-order valence-electron chi connectivity index (χ1n) is 10.0. The Hall–Kier alpha value is -3.80. The SMILES string of the molecule is [N-]=[N+]=NC[C@H]1NC(=O)O[C@@H]1COC(c1ccccc1)(c1ccccc1)c1ccccc1. The van der Waals surface area contributed by atoms with Crippen LogP contribution in [0.1, 0.15) is 16.7 Å². The fourth-order valence-corrected chi connectivity index (χ4v) is 3.91. The predicted octanol–water partition coefficient (Wildman–Crippen LogP) is 4.78. The summed E-state index contributed by atoms with van der Waals surface area (Å²) in [6, 6.07) is 29.4. The number of carbonyl (C=O) groups excluding carboxylic acids is 1. The summed E-state index contributed by atoms with van der Waals surface area (Å²) < 4.78 is 12.1. The van der Waals surface area contributed by atoms with Crippen molar-refractivity contribution in [3.63, 3.8) is 0 Å². The molecule has 7 nitrogen and oxygen atoms in total. The highest BCUT2D eigenvalue weighted by molar-refractivity contribution is 5.70. The molecule has 156 valence electrons. The Morgan fingerprint density at radius 1 is 0.903 bits per heavy atom. The second-order valence-corrected chi connectivity index (χ2v) is 7.20. The van der Waals surface area contributed by atoms with Gasteiger partial charge in [-0.05, 0) is 22.2 Å². The maximum Gasteiger partial charge on any atom is 0.407 e. The summed E-state index contributed by atoms with van der Waals surface area (Å²) in [4.78, 5) is 14.6. The van der Waals surface area contributed by atoms with Crippen molar-refractivity contribution >= 4 is 6.09 Å². The molecule has 31 heavy (non-hydrogen) atoms. The summed E-state index contributed by atoms with van der Waals surface area (Å²) in [5.41, 5.74) is 10.6. The van der Waals surface area contributed by atoms with Gasteiger partial charge >= 0.3 is 6.09 Å². The first kappa shape index (κ1) is 20.5. The quantitative estimate of drug-likeness (QED) is 0.249. The minimum absolute atomic E-state index is 0.0886. The Bertz CT molecular complexity index is 957.